The van der Waals surface area contributed by atoms with E-state index in [-0.39, 0.29) is 5.95 Å². The molecule has 0 fully saturated rings. The maximum absolute atomic E-state index is 5.86. The highest BCUT2D eigenvalue weighted by atomic mass is 79.9. The molecule has 24 heavy (non-hydrogen) atoms. The molecule has 0 aliphatic carbocycles. The van der Waals surface area contributed by atoms with Crippen LogP contribution in [0.15, 0.2) is 29.3 Å². The number of anilines is 1. The highest BCUT2D eigenvalue weighted by Gasteiger charge is 2.17. The first-order valence-electron chi connectivity index (χ1n) is 7.99. The zero-order valence-electron chi connectivity index (χ0n) is 13.8. The summed E-state index contributed by atoms with van der Waals surface area (Å²) in [6.07, 6.45) is 7.52. The molecule has 0 saturated heterocycles. The summed E-state index contributed by atoms with van der Waals surface area (Å²) in [5.41, 5.74) is 15.6. The standard InChI is InChI=1S/C17H21BrN6/c1-10(2)24-9-13(12-6-15(18)21-8-14(12)24)16-11(4-3-5-19)7-22-17(20)23-16/h6-10H,3-5,19H2,1-2H3,(H2,20,22,23). The van der Waals surface area contributed by atoms with Crippen LogP contribution in [0.3, 0.4) is 0 Å². The molecule has 0 spiro atoms. The third-order valence-corrected chi connectivity index (χ3v) is 4.46. The minimum atomic E-state index is 0.278. The Morgan fingerprint density at radius 3 is 2.75 bits per heavy atom. The Balaban J connectivity index is 2.26. The van der Waals surface area contributed by atoms with Gasteiger partial charge >= 0.3 is 0 Å². The fourth-order valence-corrected chi connectivity index (χ4v) is 3.20. The molecule has 0 aromatic carbocycles. The SMILES string of the molecule is CC(C)n1cc(-c2nc(N)ncc2CCCN)c2cc(Br)ncc21. The lowest BCUT2D eigenvalue weighted by Crippen LogP contribution is -2.04. The van der Waals surface area contributed by atoms with Crippen molar-refractivity contribution in [3.05, 3.63) is 34.8 Å². The zero-order chi connectivity index (χ0) is 17.3. The summed E-state index contributed by atoms with van der Waals surface area (Å²) in [4.78, 5) is 13.0. The van der Waals surface area contributed by atoms with Crippen molar-refractivity contribution in [3.63, 3.8) is 0 Å². The molecule has 3 aromatic rings. The van der Waals surface area contributed by atoms with Crippen molar-refractivity contribution in [2.45, 2.75) is 32.7 Å². The third-order valence-electron chi connectivity index (χ3n) is 4.03. The Morgan fingerprint density at radius 1 is 1.25 bits per heavy atom. The van der Waals surface area contributed by atoms with Gasteiger partial charge in [0.1, 0.15) is 4.60 Å². The van der Waals surface area contributed by atoms with E-state index in [2.05, 4.69) is 55.5 Å². The average molecular weight is 389 g/mol. The molecule has 0 aliphatic heterocycles. The number of pyridine rings is 1. The quantitative estimate of drug-likeness (QED) is 0.653. The number of nitrogen functional groups attached to an aromatic ring is 1. The van der Waals surface area contributed by atoms with E-state index in [0.717, 1.165) is 45.2 Å². The van der Waals surface area contributed by atoms with Gasteiger partial charge in [-0.15, -0.1) is 0 Å². The Kier molecular flexibility index (Phi) is 4.82. The predicted molar refractivity (Wildman–Crippen MR) is 101 cm³/mol. The molecule has 3 heterocycles. The van der Waals surface area contributed by atoms with Gasteiger partial charge in [0, 0.05) is 29.4 Å². The van der Waals surface area contributed by atoms with Crippen LogP contribution in [0.2, 0.25) is 0 Å². The molecule has 0 saturated carbocycles. The maximum Gasteiger partial charge on any atom is 0.220 e. The number of rotatable bonds is 5. The number of hydrogen-bond donors (Lipinski definition) is 2. The predicted octanol–water partition coefficient (Wildman–Crippen LogP) is 3.31. The molecule has 0 bridgehead atoms. The van der Waals surface area contributed by atoms with Gasteiger partial charge in [-0.25, -0.2) is 15.0 Å². The Morgan fingerprint density at radius 2 is 2.04 bits per heavy atom. The Hall–Kier alpha value is -1.99. The lowest BCUT2D eigenvalue weighted by Gasteiger charge is -2.09. The fraction of sp³-hybridized carbons (Fsp3) is 0.353. The Bertz CT molecular complexity index is 871. The molecule has 6 nitrogen and oxygen atoms in total. The van der Waals surface area contributed by atoms with Crippen LogP contribution in [-0.4, -0.2) is 26.1 Å². The molecule has 3 aromatic heterocycles. The second-order valence-electron chi connectivity index (χ2n) is 6.06. The van der Waals surface area contributed by atoms with E-state index >= 15 is 0 Å². The number of halogens is 1. The summed E-state index contributed by atoms with van der Waals surface area (Å²) in [5.74, 6) is 0.278. The fourth-order valence-electron chi connectivity index (χ4n) is 2.87. The van der Waals surface area contributed by atoms with Crippen molar-refractivity contribution in [1.29, 1.82) is 0 Å². The smallest absolute Gasteiger partial charge is 0.220 e. The summed E-state index contributed by atoms with van der Waals surface area (Å²) in [7, 11) is 0. The lowest BCUT2D eigenvalue weighted by atomic mass is 10.0. The van der Waals surface area contributed by atoms with E-state index in [1.807, 2.05) is 18.5 Å². The topological polar surface area (TPSA) is 95.6 Å². The van der Waals surface area contributed by atoms with Gasteiger partial charge in [0.15, 0.2) is 0 Å². The average Bonchev–Trinajstić information content (AvgIpc) is 2.92. The number of nitrogens with two attached hydrogens (primary N) is 2. The summed E-state index contributed by atoms with van der Waals surface area (Å²) in [5, 5.41) is 1.10. The van der Waals surface area contributed by atoms with Gasteiger partial charge in [0.05, 0.1) is 17.4 Å². The van der Waals surface area contributed by atoms with Crippen LogP contribution in [0.5, 0.6) is 0 Å². The van der Waals surface area contributed by atoms with Crippen molar-refractivity contribution >= 4 is 32.8 Å². The zero-order valence-corrected chi connectivity index (χ0v) is 15.4. The minimum Gasteiger partial charge on any atom is -0.368 e. The van der Waals surface area contributed by atoms with Crippen LogP contribution < -0.4 is 11.5 Å². The summed E-state index contributed by atoms with van der Waals surface area (Å²) in [6.45, 7) is 4.93. The van der Waals surface area contributed by atoms with Gasteiger partial charge in [-0.2, -0.15) is 0 Å². The number of hydrogen-bond acceptors (Lipinski definition) is 5. The molecule has 0 unspecified atom stereocenters. The molecular formula is C17H21BrN6. The first kappa shape index (κ1) is 16.9. The second-order valence-corrected chi connectivity index (χ2v) is 6.87. The second kappa shape index (κ2) is 6.86. The van der Waals surface area contributed by atoms with Gasteiger partial charge in [0.2, 0.25) is 5.95 Å². The van der Waals surface area contributed by atoms with Gasteiger partial charge in [0.25, 0.3) is 0 Å². The number of fused-ring (bicyclic) bond motifs is 1. The Labute approximate surface area is 149 Å². The van der Waals surface area contributed by atoms with Gasteiger partial charge < -0.3 is 16.0 Å². The van der Waals surface area contributed by atoms with E-state index in [1.54, 1.807) is 0 Å². The minimum absolute atomic E-state index is 0.278. The highest BCUT2D eigenvalue weighted by molar-refractivity contribution is 9.10. The first-order valence-corrected chi connectivity index (χ1v) is 8.78. The van der Waals surface area contributed by atoms with E-state index in [0.29, 0.717) is 12.6 Å². The van der Waals surface area contributed by atoms with Gasteiger partial charge in [-0.05, 0) is 60.8 Å². The molecule has 0 radical (unpaired) electrons. The van der Waals surface area contributed by atoms with Gasteiger partial charge in [-0.3, -0.25) is 0 Å². The van der Waals surface area contributed by atoms with E-state index < -0.39 is 0 Å². The van der Waals surface area contributed by atoms with Crippen LogP contribution in [0.1, 0.15) is 31.9 Å². The number of nitrogens with zero attached hydrogens (tertiary/aromatic N) is 4. The van der Waals surface area contributed by atoms with Crippen molar-refractivity contribution in [2.75, 3.05) is 12.3 Å². The normalized spacial score (nSPS) is 11.5. The first-order chi connectivity index (χ1) is 11.5. The van der Waals surface area contributed by atoms with E-state index in [4.69, 9.17) is 11.5 Å². The molecule has 3 rings (SSSR count). The molecule has 0 aliphatic rings. The van der Waals surface area contributed by atoms with Crippen LogP contribution in [0, 0.1) is 0 Å². The van der Waals surface area contributed by atoms with Crippen LogP contribution in [0.25, 0.3) is 22.2 Å². The molecule has 7 heteroatoms. The van der Waals surface area contributed by atoms with E-state index in [1.165, 1.54) is 0 Å². The van der Waals surface area contributed by atoms with Gasteiger partial charge in [-0.1, -0.05) is 0 Å². The van der Waals surface area contributed by atoms with Crippen molar-refractivity contribution in [1.82, 2.24) is 19.5 Å². The molecule has 126 valence electrons. The van der Waals surface area contributed by atoms with Crippen LogP contribution in [-0.2, 0) is 6.42 Å². The number of aryl methyl sites for hydroxylation is 1. The highest BCUT2D eigenvalue weighted by Crippen LogP contribution is 2.34. The molecule has 0 amide bonds. The molecular weight excluding hydrogens is 368 g/mol. The molecule has 4 N–H and O–H groups in total. The van der Waals surface area contributed by atoms with Crippen LogP contribution in [0.4, 0.5) is 5.95 Å². The van der Waals surface area contributed by atoms with Crippen LogP contribution >= 0.6 is 15.9 Å². The summed E-state index contributed by atoms with van der Waals surface area (Å²) >= 11 is 3.47. The van der Waals surface area contributed by atoms with Crippen molar-refractivity contribution in [2.24, 2.45) is 5.73 Å². The maximum atomic E-state index is 5.86. The lowest BCUT2D eigenvalue weighted by molar-refractivity contribution is 0.622. The van der Waals surface area contributed by atoms with Crippen molar-refractivity contribution < 1.29 is 0 Å². The molecule has 0 atom stereocenters. The monoisotopic (exact) mass is 388 g/mol. The number of aromatic nitrogens is 4. The largest absolute Gasteiger partial charge is 0.368 e. The van der Waals surface area contributed by atoms with E-state index in [9.17, 15) is 0 Å². The third kappa shape index (κ3) is 3.14. The van der Waals surface area contributed by atoms with Crippen molar-refractivity contribution in [3.8, 4) is 11.3 Å². The summed E-state index contributed by atoms with van der Waals surface area (Å²) < 4.78 is 3.00. The summed E-state index contributed by atoms with van der Waals surface area (Å²) in [6, 6.07) is 2.34.